The Bertz CT molecular complexity index is 589. The van der Waals surface area contributed by atoms with Crippen LogP contribution in [-0.2, 0) is 4.79 Å². The van der Waals surface area contributed by atoms with Gasteiger partial charge in [0.15, 0.2) is 0 Å². The van der Waals surface area contributed by atoms with Crippen LogP contribution >= 0.6 is 0 Å². The van der Waals surface area contributed by atoms with Gasteiger partial charge in [-0.2, -0.15) is 0 Å². The highest BCUT2D eigenvalue weighted by Gasteiger charge is 2.00. The van der Waals surface area contributed by atoms with Crippen LogP contribution in [0.1, 0.15) is 30.9 Å². The second-order valence-corrected chi connectivity index (χ2v) is 4.72. The molecular formula is C16H17N3O. The van der Waals surface area contributed by atoms with Gasteiger partial charge < -0.3 is 0 Å². The molecule has 0 saturated heterocycles. The second kappa shape index (κ2) is 6.61. The van der Waals surface area contributed by atoms with Crippen molar-refractivity contribution in [2.45, 2.75) is 19.8 Å². The third kappa shape index (κ3) is 4.02. The summed E-state index contributed by atoms with van der Waals surface area (Å²) in [5, 5.41) is 2.59. The highest BCUT2D eigenvalue weighted by Crippen LogP contribution is 2.15. The van der Waals surface area contributed by atoms with Crippen LogP contribution in [0.4, 0.5) is 5.95 Å². The molecule has 1 heterocycles. The molecule has 4 nitrogen and oxygen atoms in total. The van der Waals surface area contributed by atoms with Gasteiger partial charge in [0.2, 0.25) is 5.95 Å². The number of amides is 1. The van der Waals surface area contributed by atoms with Crippen molar-refractivity contribution >= 4 is 17.9 Å². The van der Waals surface area contributed by atoms with E-state index in [0.717, 1.165) is 5.56 Å². The van der Waals surface area contributed by atoms with Gasteiger partial charge in [-0.05, 0) is 29.2 Å². The van der Waals surface area contributed by atoms with Crippen LogP contribution in [-0.4, -0.2) is 15.9 Å². The molecule has 0 saturated carbocycles. The summed E-state index contributed by atoms with van der Waals surface area (Å²) in [4.78, 5) is 19.5. The molecule has 1 N–H and O–H groups in total. The zero-order chi connectivity index (χ0) is 14.4. The van der Waals surface area contributed by atoms with Crippen molar-refractivity contribution in [3.63, 3.8) is 0 Å². The molecule has 0 atom stereocenters. The topological polar surface area (TPSA) is 54.9 Å². The fourth-order valence-corrected chi connectivity index (χ4v) is 1.68. The number of aromatic nitrogens is 2. The SMILES string of the molecule is CC(C)c1ccc(/C=C/C(=O)Nc2ncccn2)cc1. The highest BCUT2D eigenvalue weighted by molar-refractivity contribution is 6.00. The van der Waals surface area contributed by atoms with Crippen LogP contribution < -0.4 is 5.32 Å². The molecule has 102 valence electrons. The Balaban J connectivity index is 1.97. The molecule has 0 aliphatic heterocycles. The van der Waals surface area contributed by atoms with Gasteiger partial charge in [0, 0.05) is 18.5 Å². The average Bonchev–Trinajstić information content (AvgIpc) is 2.46. The number of rotatable bonds is 4. The van der Waals surface area contributed by atoms with Gasteiger partial charge in [-0.15, -0.1) is 0 Å². The van der Waals surface area contributed by atoms with E-state index in [1.54, 1.807) is 24.5 Å². The van der Waals surface area contributed by atoms with Gasteiger partial charge in [-0.25, -0.2) is 9.97 Å². The summed E-state index contributed by atoms with van der Waals surface area (Å²) in [7, 11) is 0. The predicted octanol–water partition coefficient (Wildman–Crippen LogP) is 3.25. The van der Waals surface area contributed by atoms with Crippen molar-refractivity contribution in [2.24, 2.45) is 0 Å². The number of nitrogens with one attached hydrogen (secondary N) is 1. The Morgan fingerprint density at radius 2 is 1.80 bits per heavy atom. The van der Waals surface area contributed by atoms with E-state index in [-0.39, 0.29) is 5.91 Å². The standard InChI is InChI=1S/C16H17N3O/c1-12(2)14-7-4-13(5-8-14)6-9-15(20)19-16-17-10-3-11-18-16/h3-12H,1-2H3,(H,17,18,19,20)/b9-6+. The fourth-order valence-electron chi connectivity index (χ4n) is 1.68. The predicted molar refractivity (Wildman–Crippen MR) is 80.2 cm³/mol. The molecule has 0 aliphatic rings. The minimum Gasteiger partial charge on any atom is -0.291 e. The van der Waals surface area contributed by atoms with E-state index < -0.39 is 0 Å². The minimum atomic E-state index is -0.246. The second-order valence-electron chi connectivity index (χ2n) is 4.72. The van der Waals surface area contributed by atoms with Crippen LogP contribution in [0.25, 0.3) is 6.08 Å². The average molecular weight is 267 g/mol. The van der Waals surface area contributed by atoms with Crippen molar-refractivity contribution < 1.29 is 4.79 Å². The Morgan fingerprint density at radius 1 is 1.15 bits per heavy atom. The molecule has 2 aromatic rings. The molecule has 0 unspecified atom stereocenters. The number of anilines is 1. The molecule has 0 bridgehead atoms. The van der Waals surface area contributed by atoms with Crippen LogP contribution in [0.5, 0.6) is 0 Å². The van der Waals surface area contributed by atoms with Gasteiger partial charge in [0.05, 0.1) is 0 Å². The molecule has 4 heteroatoms. The largest absolute Gasteiger partial charge is 0.291 e. The summed E-state index contributed by atoms with van der Waals surface area (Å²) < 4.78 is 0. The zero-order valence-electron chi connectivity index (χ0n) is 11.6. The number of benzene rings is 1. The van der Waals surface area contributed by atoms with Crippen LogP contribution in [0.3, 0.4) is 0 Å². The quantitative estimate of drug-likeness (QED) is 0.865. The van der Waals surface area contributed by atoms with Gasteiger partial charge in [-0.3, -0.25) is 10.1 Å². The van der Waals surface area contributed by atoms with Gasteiger partial charge in [0.1, 0.15) is 0 Å². The fraction of sp³-hybridized carbons (Fsp3) is 0.188. The summed E-state index contributed by atoms with van der Waals surface area (Å²) in [6.07, 6.45) is 6.40. The van der Waals surface area contributed by atoms with Crippen molar-refractivity contribution in [1.29, 1.82) is 0 Å². The lowest BCUT2D eigenvalue weighted by Gasteiger charge is -2.04. The molecule has 0 aliphatic carbocycles. The third-order valence-corrected chi connectivity index (χ3v) is 2.83. The van der Waals surface area contributed by atoms with E-state index in [4.69, 9.17) is 0 Å². The molecule has 0 radical (unpaired) electrons. The van der Waals surface area contributed by atoms with Crippen molar-refractivity contribution in [2.75, 3.05) is 5.32 Å². The summed E-state index contributed by atoms with van der Waals surface area (Å²) in [6.45, 7) is 4.30. The minimum absolute atomic E-state index is 0.246. The molecule has 1 aromatic heterocycles. The molecule has 1 amide bonds. The van der Waals surface area contributed by atoms with E-state index in [1.165, 1.54) is 11.6 Å². The summed E-state index contributed by atoms with van der Waals surface area (Å²) in [5.41, 5.74) is 2.27. The normalized spacial score (nSPS) is 10.9. The molecule has 0 fully saturated rings. The maximum atomic E-state index is 11.7. The molecule has 2 rings (SSSR count). The number of hydrogen-bond acceptors (Lipinski definition) is 3. The molecule has 20 heavy (non-hydrogen) atoms. The maximum Gasteiger partial charge on any atom is 0.250 e. The lowest BCUT2D eigenvalue weighted by molar-refractivity contribution is -0.111. The van der Waals surface area contributed by atoms with Crippen LogP contribution in [0.15, 0.2) is 48.8 Å². The first kappa shape index (κ1) is 13.9. The Hall–Kier alpha value is -2.49. The lowest BCUT2D eigenvalue weighted by Crippen LogP contribution is -2.10. The van der Waals surface area contributed by atoms with Crippen molar-refractivity contribution in [1.82, 2.24) is 9.97 Å². The lowest BCUT2D eigenvalue weighted by atomic mass is 10.0. The van der Waals surface area contributed by atoms with E-state index >= 15 is 0 Å². The Morgan fingerprint density at radius 3 is 2.40 bits per heavy atom. The first-order valence-corrected chi connectivity index (χ1v) is 6.51. The molecule has 0 spiro atoms. The third-order valence-electron chi connectivity index (χ3n) is 2.83. The van der Waals surface area contributed by atoms with E-state index in [0.29, 0.717) is 11.9 Å². The Labute approximate surface area is 118 Å². The van der Waals surface area contributed by atoms with Crippen LogP contribution in [0, 0.1) is 0 Å². The van der Waals surface area contributed by atoms with E-state index in [1.807, 2.05) is 12.1 Å². The van der Waals surface area contributed by atoms with E-state index in [9.17, 15) is 4.79 Å². The molecule has 1 aromatic carbocycles. The summed E-state index contributed by atoms with van der Waals surface area (Å²) in [6, 6.07) is 9.84. The first-order valence-electron chi connectivity index (χ1n) is 6.51. The Kier molecular flexibility index (Phi) is 4.60. The summed E-state index contributed by atoms with van der Waals surface area (Å²) >= 11 is 0. The van der Waals surface area contributed by atoms with E-state index in [2.05, 4.69) is 41.3 Å². The molecular weight excluding hydrogens is 250 g/mol. The van der Waals surface area contributed by atoms with Crippen molar-refractivity contribution in [3.05, 3.63) is 59.9 Å². The monoisotopic (exact) mass is 267 g/mol. The van der Waals surface area contributed by atoms with Gasteiger partial charge >= 0.3 is 0 Å². The first-order chi connectivity index (χ1) is 9.65. The number of carbonyl (C=O) groups is 1. The van der Waals surface area contributed by atoms with Crippen LogP contribution in [0.2, 0.25) is 0 Å². The number of carbonyl (C=O) groups excluding carboxylic acids is 1. The van der Waals surface area contributed by atoms with Gasteiger partial charge in [-0.1, -0.05) is 38.1 Å². The highest BCUT2D eigenvalue weighted by atomic mass is 16.1. The maximum absolute atomic E-state index is 11.7. The summed E-state index contributed by atoms with van der Waals surface area (Å²) in [5.74, 6) is 0.563. The van der Waals surface area contributed by atoms with Crippen molar-refractivity contribution in [3.8, 4) is 0 Å². The number of hydrogen-bond donors (Lipinski definition) is 1. The smallest absolute Gasteiger partial charge is 0.250 e. The zero-order valence-corrected chi connectivity index (χ0v) is 11.6. The van der Waals surface area contributed by atoms with Gasteiger partial charge in [0.25, 0.3) is 5.91 Å². The number of nitrogens with zero attached hydrogens (tertiary/aromatic N) is 2.